The first-order valence-electron chi connectivity index (χ1n) is 6.01. The maximum atomic E-state index is 11.7. The second-order valence-electron chi connectivity index (χ2n) is 4.57. The summed E-state index contributed by atoms with van der Waals surface area (Å²) in [6.45, 7) is 1.92. The van der Waals surface area contributed by atoms with Crippen LogP contribution < -0.4 is 9.98 Å². The number of nitrogens with one attached hydrogen (secondary N) is 1. The summed E-state index contributed by atoms with van der Waals surface area (Å²) >= 11 is 0. The van der Waals surface area contributed by atoms with Crippen LogP contribution in [0.1, 0.15) is 13.3 Å². The molecule has 2 heterocycles. The largest absolute Gasteiger partial charge is 0.762 e. The molecule has 1 saturated heterocycles. The summed E-state index contributed by atoms with van der Waals surface area (Å²) in [7, 11) is 1.47. The highest BCUT2D eigenvalue weighted by atomic mass is 31.2. The van der Waals surface area contributed by atoms with Crippen molar-refractivity contribution in [3.05, 3.63) is 24.5 Å². The molecule has 0 saturated carbocycles. The lowest BCUT2D eigenvalue weighted by atomic mass is 9.92. The van der Waals surface area contributed by atoms with Gasteiger partial charge in [0.25, 0.3) is 0 Å². The molecule has 1 fully saturated rings. The molecule has 1 aromatic rings. The van der Waals surface area contributed by atoms with E-state index >= 15 is 0 Å². The number of ether oxygens (including phenoxy) is 1. The monoisotopic (exact) mass is 281 g/mol. The van der Waals surface area contributed by atoms with Gasteiger partial charge in [0.05, 0.1) is 12.7 Å². The summed E-state index contributed by atoms with van der Waals surface area (Å²) in [4.78, 5) is 15.5. The van der Waals surface area contributed by atoms with Gasteiger partial charge in [-0.2, -0.15) is 0 Å². The Morgan fingerprint density at radius 1 is 1.63 bits per heavy atom. The summed E-state index contributed by atoms with van der Waals surface area (Å²) < 4.78 is 22.0. The Labute approximate surface area is 113 Å². The van der Waals surface area contributed by atoms with Gasteiger partial charge in [0.15, 0.2) is 0 Å². The minimum Gasteiger partial charge on any atom is -0.762 e. The SMILES string of the molecule is [B][C@H]1CC(C)[C@@H](COP(=O)([O-])Nc2ccncc2)O1. The van der Waals surface area contributed by atoms with Gasteiger partial charge in [-0.3, -0.25) is 9.55 Å². The highest BCUT2D eigenvalue weighted by molar-refractivity contribution is 7.53. The van der Waals surface area contributed by atoms with E-state index in [2.05, 4.69) is 10.1 Å². The van der Waals surface area contributed by atoms with Crippen LogP contribution in [0.3, 0.4) is 0 Å². The van der Waals surface area contributed by atoms with Crippen LogP contribution in [0.4, 0.5) is 5.69 Å². The van der Waals surface area contributed by atoms with E-state index in [1.807, 2.05) is 6.92 Å². The summed E-state index contributed by atoms with van der Waals surface area (Å²) in [5, 5.41) is 2.32. The quantitative estimate of drug-likeness (QED) is 0.637. The molecule has 19 heavy (non-hydrogen) atoms. The van der Waals surface area contributed by atoms with Crippen molar-refractivity contribution < 1.29 is 18.7 Å². The van der Waals surface area contributed by atoms with E-state index in [9.17, 15) is 9.46 Å². The van der Waals surface area contributed by atoms with Crippen LogP contribution in [0.25, 0.3) is 0 Å². The van der Waals surface area contributed by atoms with E-state index in [0.717, 1.165) is 0 Å². The minimum atomic E-state index is -4.16. The van der Waals surface area contributed by atoms with Crippen molar-refractivity contribution in [2.75, 3.05) is 11.7 Å². The Kier molecular flexibility index (Phi) is 4.63. The van der Waals surface area contributed by atoms with E-state index in [4.69, 9.17) is 17.1 Å². The van der Waals surface area contributed by atoms with Gasteiger partial charge in [-0.05, 0) is 24.5 Å². The molecule has 2 rings (SSSR count). The Balaban J connectivity index is 1.86. The maximum absolute atomic E-state index is 11.7. The van der Waals surface area contributed by atoms with E-state index in [1.54, 1.807) is 12.1 Å². The van der Waals surface area contributed by atoms with Crippen LogP contribution in [0.2, 0.25) is 0 Å². The fourth-order valence-corrected chi connectivity index (χ4v) is 2.80. The normalized spacial score (nSPS) is 29.9. The molecular weight excluding hydrogens is 266 g/mol. The van der Waals surface area contributed by atoms with Crippen LogP contribution in [0.15, 0.2) is 24.5 Å². The van der Waals surface area contributed by atoms with Crippen molar-refractivity contribution in [3.63, 3.8) is 0 Å². The van der Waals surface area contributed by atoms with Crippen molar-refractivity contribution in [3.8, 4) is 0 Å². The van der Waals surface area contributed by atoms with Gasteiger partial charge in [0.1, 0.15) is 7.85 Å². The average Bonchev–Trinajstić information content (AvgIpc) is 2.66. The molecule has 0 spiro atoms. The topological polar surface area (TPSA) is 83.5 Å². The number of pyridine rings is 1. The molecule has 6 nitrogen and oxygen atoms in total. The predicted octanol–water partition coefficient (Wildman–Crippen LogP) is 0.898. The molecule has 1 N–H and O–H groups in total. The molecule has 1 aromatic heterocycles. The maximum Gasteiger partial charge on any atom is 0.229 e. The number of hydrogen-bond acceptors (Lipinski definition) is 5. The molecule has 2 radical (unpaired) electrons. The number of hydrogen-bond donors (Lipinski definition) is 1. The summed E-state index contributed by atoms with van der Waals surface area (Å²) in [6.07, 6.45) is 3.39. The van der Waals surface area contributed by atoms with Crippen LogP contribution >= 0.6 is 7.75 Å². The fraction of sp³-hybridized carbons (Fsp3) is 0.545. The third kappa shape index (κ3) is 4.32. The standard InChI is InChI=1S/C11H16BN2O4P/c1-8-6-11(12)18-10(8)7-17-19(15,16)14-9-2-4-13-5-3-9/h2-5,8,10-11H,6-7H2,1H3,(H2,13,14,15,16)/p-1/t8?,10-,11-/m1/s1. The molecule has 0 bridgehead atoms. The second-order valence-corrected chi connectivity index (χ2v) is 6.04. The lowest BCUT2D eigenvalue weighted by Gasteiger charge is -2.27. The highest BCUT2D eigenvalue weighted by Gasteiger charge is 2.30. The van der Waals surface area contributed by atoms with E-state index in [1.165, 1.54) is 12.4 Å². The fourth-order valence-electron chi connectivity index (χ4n) is 1.92. The minimum absolute atomic E-state index is 0.0340. The first-order chi connectivity index (χ1) is 8.96. The lowest BCUT2D eigenvalue weighted by Crippen LogP contribution is -2.24. The van der Waals surface area contributed by atoms with Gasteiger partial charge >= 0.3 is 0 Å². The molecule has 4 atom stereocenters. The highest BCUT2D eigenvalue weighted by Crippen LogP contribution is 2.38. The number of rotatable bonds is 5. The summed E-state index contributed by atoms with van der Waals surface area (Å²) in [5.74, 6) is 0.177. The molecule has 102 valence electrons. The molecule has 1 aliphatic heterocycles. The second kappa shape index (κ2) is 6.05. The summed E-state index contributed by atoms with van der Waals surface area (Å²) in [6, 6.07) is 2.74. The van der Waals surface area contributed by atoms with E-state index in [0.29, 0.717) is 12.1 Å². The summed E-state index contributed by atoms with van der Waals surface area (Å²) in [5.41, 5.74) is 0.408. The van der Waals surface area contributed by atoms with Gasteiger partial charge in [-0.15, -0.1) is 0 Å². The van der Waals surface area contributed by atoms with Gasteiger partial charge < -0.3 is 19.2 Å². The predicted molar refractivity (Wildman–Crippen MR) is 69.6 cm³/mol. The Hall–Kier alpha value is -0.875. The molecule has 0 aromatic carbocycles. The van der Waals surface area contributed by atoms with Crippen LogP contribution in [-0.4, -0.2) is 31.5 Å². The lowest BCUT2D eigenvalue weighted by molar-refractivity contribution is -0.198. The Bertz CT molecular complexity index is 461. The molecule has 1 aliphatic rings. The van der Waals surface area contributed by atoms with Crippen molar-refractivity contribution >= 4 is 21.3 Å². The number of nitrogens with zero attached hydrogens (tertiary/aromatic N) is 1. The van der Waals surface area contributed by atoms with Gasteiger partial charge in [0, 0.05) is 24.1 Å². The van der Waals surface area contributed by atoms with Gasteiger partial charge in [-0.1, -0.05) is 6.92 Å². The average molecular weight is 281 g/mol. The first kappa shape index (κ1) is 14.5. The van der Waals surface area contributed by atoms with Gasteiger partial charge in [0.2, 0.25) is 7.75 Å². The zero-order chi connectivity index (χ0) is 13.9. The Morgan fingerprint density at radius 3 is 2.89 bits per heavy atom. The molecule has 0 aliphatic carbocycles. The number of anilines is 1. The van der Waals surface area contributed by atoms with Crippen molar-refractivity contribution in [1.29, 1.82) is 0 Å². The zero-order valence-electron chi connectivity index (χ0n) is 10.6. The van der Waals surface area contributed by atoms with Gasteiger partial charge in [-0.25, -0.2) is 0 Å². The van der Waals surface area contributed by atoms with Crippen LogP contribution in [0, 0.1) is 5.92 Å². The molecule has 2 unspecified atom stereocenters. The van der Waals surface area contributed by atoms with Crippen molar-refractivity contribution in [2.24, 2.45) is 5.92 Å². The van der Waals surface area contributed by atoms with Crippen molar-refractivity contribution in [2.45, 2.75) is 25.5 Å². The molecule has 8 heteroatoms. The van der Waals surface area contributed by atoms with E-state index < -0.39 is 7.75 Å². The molecular formula is C11H15BN2O4P-. The first-order valence-corrected chi connectivity index (χ1v) is 7.55. The van der Waals surface area contributed by atoms with Crippen LogP contribution in [-0.2, 0) is 13.8 Å². The third-order valence-electron chi connectivity index (χ3n) is 2.94. The van der Waals surface area contributed by atoms with Crippen LogP contribution in [0.5, 0.6) is 0 Å². The zero-order valence-corrected chi connectivity index (χ0v) is 11.5. The van der Waals surface area contributed by atoms with E-state index in [-0.39, 0.29) is 24.6 Å². The smallest absolute Gasteiger partial charge is 0.229 e. The van der Waals surface area contributed by atoms with Crippen molar-refractivity contribution in [1.82, 2.24) is 4.98 Å². The Morgan fingerprint density at radius 2 is 2.32 bits per heavy atom. The number of aromatic nitrogens is 1. The molecule has 0 amide bonds. The third-order valence-corrected chi connectivity index (χ3v) is 3.96.